The van der Waals surface area contributed by atoms with Crippen LogP contribution in [0.1, 0.15) is 0 Å². The minimum atomic E-state index is -2.44. The van der Waals surface area contributed by atoms with Crippen molar-refractivity contribution in [3.05, 3.63) is 28.5 Å². The molecule has 1 aromatic heterocycles. The number of benzene rings is 1. The molecule has 1 atom stereocenters. The van der Waals surface area contributed by atoms with Crippen LogP contribution >= 0.6 is 0 Å². The van der Waals surface area contributed by atoms with Crippen molar-refractivity contribution in [2.75, 3.05) is 0 Å². The average Bonchev–Trinajstić information content (AvgIpc) is 2.42. The van der Waals surface area contributed by atoms with Crippen LogP contribution in [0, 0.1) is 5.82 Å². The van der Waals surface area contributed by atoms with E-state index in [9.17, 15) is 13.4 Å². The number of hydrogen-bond acceptors (Lipinski definition) is 3. The van der Waals surface area contributed by atoms with E-state index in [1.54, 1.807) is 0 Å². The van der Waals surface area contributed by atoms with E-state index >= 15 is 0 Å². The normalized spacial score (nSPS) is 13.3. The maximum absolute atomic E-state index is 13.1. The zero-order valence-corrected chi connectivity index (χ0v) is 7.43. The molecule has 7 heteroatoms. The van der Waals surface area contributed by atoms with Gasteiger partial charge in [-0.1, -0.05) is 0 Å². The van der Waals surface area contributed by atoms with Gasteiger partial charge in [0.15, 0.2) is 16.7 Å². The van der Waals surface area contributed by atoms with Gasteiger partial charge in [-0.2, -0.15) is 0 Å². The predicted octanol–water partition coefficient (Wildman–Crippen LogP) is 0.841. The number of oxazole rings is 1. The van der Waals surface area contributed by atoms with E-state index in [1.807, 2.05) is 0 Å². The Labute approximate surface area is 78.8 Å². The highest BCUT2D eigenvalue weighted by molar-refractivity contribution is 7.79. The lowest BCUT2D eigenvalue weighted by Crippen LogP contribution is -1.93. The van der Waals surface area contributed by atoms with Gasteiger partial charge in [0.2, 0.25) is 0 Å². The van der Waals surface area contributed by atoms with Gasteiger partial charge in [0.25, 0.3) is 0 Å². The van der Waals surface area contributed by atoms with E-state index in [1.165, 1.54) is 0 Å². The van der Waals surface area contributed by atoms with Gasteiger partial charge in [0, 0.05) is 12.1 Å². The third-order valence-corrected chi connectivity index (χ3v) is 2.35. The number of aromatic amines is 1. The fraction of sp³-hybridized carbons (Fsp3) is 0. The summed E-state index contributed by atoms with van der Waals surface area (Å²) in [5.41, 5.74) is 0.204. The van der Waals surface area contributed by atoms with Crippen molar-refractivity contribution in [3.8, 4) is 0 Å². The SMILES string of the molecule is O=c1[nH]c2cc(F)c(S(=O)O)cc2o1. The minimum Gasteiger partial charge on any atom is -0.408 e. The largest absolute Gasteiger partial charge is 0.417 e. The molecule has 0 aliphatic carbocycles. The second kappa shape index (κ2) is 3.03. The van der Waals surface area contributed by atoms with Crippen LogP contribution in [0.15, 0.2) is 26.2 Å². The van der Waals surface area contributed by atoms with E-state index < -0.39 is 27.5 Å². The fourth-order valence-electron chi connectivity index (χ4n) is 1.09. The van der Waals surface area contributed by atoms with Gasteiger partial charge in [-0.3, -0.25) is 4.98 Å². The summed E-state index contributed by atoms with van der Waals surface area (Å²) < 4.78 is 36.9. The van der Waals surface area contributed by atoms with Gasteiger partial charge in [-0.15, -0.1) is 0 Å². The highest BCUT2D eigenvalue weighted by Crippen LogP contribution is 2.18. The summed E-state index contributed by atoms with van der Waals surface area (Å²) in [5.74, 6) is -1.60. The van der Waals surface area contributed by atoms with E-state index in [-0.39, 0.29) is 11.1 Å². The Morgan fingerprint density at radius 3 is 2.86 bits per heavy atom. The van der Waals surface area contributed by atoms with Gasteiger partial charge in [-0.05, 0) is 0 Å². The topological polar surface area (TPSA) is 83.3 Å². The zero-order chi connectivity index (χ0) is 10.3. The molecule has 14 heavy (non-hydrogen) atoms. The fourth-order valence-corrected chi connectivity index (χ4v) is 1.52. The van der Waals surface area contributed by atoms with Crippen molar-refractivity contribution in [1.29, 1.82) is 0 Å². The first-order valence-corrected chi connectivity index (χ1v) is 4.62. The molecular formula is C7H4FNO4S. The standard InChI is InChI=1S/C7H4FNO4S/c8-3-1-4-5(13-7(10)9-4)2-6(3)14(11)12/h1-2H,(H,9,10)(H,11,12). The van der Waals surface area contributed by atoms with Gasteiger partial charge in [0.1, 0.15) is 10.7 Å². The Hall–Kier alpha value is -1.47. The van der Waals surface area contributed by atoms with Crippen LogP contribution in [0.3, 0.4) is 0 Å². The van der Waals surface area contributed by atoms with Crippen molar-refractivity contribution in [1.82, 2.24) is 4.98 Å². The number of halogens is 1. The molecule has 0 bridgehead atoms. The summed E-state index contributed by atoms with van der Waals surface area (Å²) in [6.07, 6.45) is 0. The highest BCUT2D eigenvalue weighted by Gasteiger charge is 2.12. The van der Waals surface area contributed by atoms with E-state index in [4.69, 9.17) is 4.55 Å². The molecule has 2 N–H and O–H groups in total. The first-order valence-electron chi connectivity index (χ1n) is 3.51. The third-order valence-electron chi connectivity index (χ3n) is 1.66. The van der Waals surface area contributed by atoms with Crippen LogP contribution < -0.4 is 5.76 Å². The quantitative estimate of drug-likeness (QED) is 0.693. The molecule has 2 rings (SSSR count). The van der Waals surface area contributed by atoms with Gasteiger partial charge in [-0.25, -0.2) is 13.4 Å². The van der Waals surface area contributed by atoms with Crippen LogP contribution in [0.4, 0.5) is 4.39 Å². The lowest BCUT2D eigenvalue weighted by atomic mass is 10.3. The van der Waals surface area contributed by atoms with Gasteiger partial charge >= 0.3 is 5.76 Å². The molecule has 0 fully saturated rings. The van der Waals surface area contributed by atoms with Gasteiger partial charge < -0.3 is 8.97 Å². The number of aromatic nitrogens is 1. The van der Waals surface area contributed by atoms with Crippen LogP contribution in [0.25, 0.3) is 11.1 Å². The molecule has 0 spiro atoms. The summed E-state index contributed by atoms with van der Waals surface area (Å²) in [4.78, 5) is 12.5. The molecule has 74 valence electrons. The first kappa shape index (κ1) is 9.10. The molecule has 0 radical (unpaired) electrons. The molecule has 0 aliphatic rings. The first-order chi connectivity index (χ1) is 6.58. The molecular weight excluding hydrogens is 213 g/mol. The van der Waals surface area contributed by atoms with Crippen LogP contribution in [0.2, 0.25) is 0 Å². The van der Waals surface area contributed by atoms with E-state index in [0.717, 1.165) is 12.1 Å². The number of rotatable bonds is 1. The monoisotopic (exact) mass is 217 g/mol. The lowest BCUT2D eigenvalue weighted by Gasteiger charge is -1.95. The number of nitrogens with one attached hydrogen (secondary N) is 1. The Balaban J connectivity index is 2.82. The molecule has 2 aromatic rings. The van der Waals surface area contributed by atoms with Crippen LogP contribution in [-0.4, -0.2) is 13.7 Å². The third kappa shape index (κ3) is 1.36. The molecule has 1 heterocycles. The summed E-state index contributed by atoms with van der Waals surface area (Å²) in [6.45, 7) is 0. The summed E-state index contributed by atoms with van der Waals surface area (Å²) in [7, 11) is 0. The summed E-state index contributed by atoms with van der Waals surface area (Å²) in [6, 6.07) is 1.95. The molecule has 1 unspecified atom stereocenters. The molecule has 0 aliphatic heterocycles. The molecule has 1 aromatic carbocycles. The Morgan fingerprint density at radius 2 is 2.21 bits per heavy atom. The van der Waals surface area contributed by atoms with Crippen molar-refractivity contribution in [2.45, 2.75) is 4.90 Å². The molecule has 0 saturated carbocycles. The summed E-state index contributed by atoms with van der Waals surface area (Å²) in [5, 5.41) is 0. The lowest BCUT2D eigenvalue weighted by molar-refractivity contribution is 0.538. The van der Waals surface area contributed by atoms with Crippen LogP contribution in [0.5, 0.6) is 0 Å². The second-order valence-corrected chi connectivity index (χ2v) is 3.48. The highest BCUT2D eigenvalue weighted by atomic mass is 32.2. The molecule has 5 nitrogen and oxygen atoms in total. The Morgan fingerprint density at radius 1 is 1.50 bits per heavy atom. The number of fused-ring (bicyclic) bond motifs is 1. The van der Waals surface area contributed by atoms with E-state index in [0.29, 0.717) is 0 Å². The Bertz CT molecular complexity index is 573. The maximum Gasteiger partial charge on any atom is 0.417 e. The predicted molar refractivity (Wildman–Crippen MR) is 45.8 cm³/mol. The zero-order valence-electron chi connectivity index (χ0n) is 6.61. The summed E-state index contributed by atoms with van der Waals surface area (Å²) >= 11 is -2.44. The molecule has 0 saturated heterocycles. The smallest absolute Gasteiger partial charge is 0.408 e. The van der Waals surface area contributed by atoms with Crippen molar-refractivity contribution >= 4 is 22.2 Å². The minimum absolute atomic E-state index is 0.0498. The van der Waals surface area contributed by atoms with Crippen molar-refractivity contribution in [3.63, 3.8) is 0 Å². The Kier molecular flexibility index (Phi) is 1.97. The van der Waals surface area contributed by atoms with Gasteiger partial charge in [0.05, 0.1) is 5.52 Å². The maximum atomic E-state index is 13.1. The van der Waals surface area contributed by atoms with Crippen molar-refractivity contribution < 1.29 is 17.6 Å². The van der Waals surface area contributed by atoms with Crippen molar-refractivity contribution in [2.24, 2.45) is 0 Å². The number of hydrogen-bond donors (Lipinski definition) is 2. The number of H-pyrrole nitrogens is 1. The average molecular weight is 217 g/mol. The molecule has 0 amide bonds. The second-order valence-electron chi connectivity index (χ2n) is 2.54. The van der Waals surface area contributed by atoms with E-state index in [2.05, 4.69) is 9.40 Å². The van der Waals surface area contributed by atoms with Crippen LogP contribution in [-0.2, 0) is 11.1 Å².